The van der Waals surface area contributed by atoms with E-state index in [1.807, 2.05) is 0 Å². The number of carbonyl (C=O) groups excluding carboxylic acids is 1. The van der Waals surface area contributed by atoms with Crippen molar-refractivity contribution in [2.24, 2.45) is 0 Å². The molecule has 1 saturated carbocycles. The van der Waals surface area contributed by atoms with E-state index in [0.717, 1.165) is 56.3 Å². The number of nitriles is 1. The molecule has 33 heavy (non-hydrogen) atoms. The van der Waals surface area contributed by atoms with E-state index in [-0.39, 0.29) is 30.1 Å². The Bertz CT molecular complexity index is 927. The van der Waals surface area contributed by atoms with E-state index in [1.165, 1.54) is 24.3 Å². The summed E-state index contributed by atoms with van der Waals surface area (Å²) in [6.07, 6.45) is 4.51. The highest BCUT2D eigenvalue weighted by atomic mass is 19.1. The summed E-state index contributed by atoms with van der Waals surface area (Å²) in [4.78, 5) is 17.1. The predicted octanol–water partition coefficient (Wildman–Crippen LogP) is 4.01. The molecule has 1 amide bonds. The van der Waals surface area contributed by atoms with Gasteiger partial charge in [-0.25, -0.2) is 8.78 Å². The summed E-state index contributed by atoms with van der Waals surface area (Å²) in [6.45, 7) is 3.11. The number of benzene rings is 2. The lowest BCUT2D eigenvalue weighted by Gasteiger charge is -2.40. The highest BCUT2D eigenvalue weighted by Gasteiger charge is 2.34. The SMILES string of the molecule is N#CC1(NC(=O)CN2CCN(C(c3ccc(F)cc3)c3ccc(F)cc3)CC2)CCCCC1. The van der Waals surface area contributed by atoms with Crippen LogP contribution in [0.1, 0.15) is 49.3 Å². The van der Waals surface area contributed by atoms with Crippen molar-refractivity contribution in [1.29, 1.82) is 5.26 Å². The molecule has 2 aliphatic rings. The molecule has 7 heteroatoms. The van der Waals surface area contributed by atoms with E-state index in [1.54, 1.807) is 24.3 Å². The van der Waals surface area contributed by atoms with Crippen LogP contribution in [-0.4, -0.2) is 54.0 Å². The van der Waals surface area contributed by atoms with Gasteiger partial charge in [-0.2, -0.15) is 5.26 Å². The van der Waals surface area contributed by atoms with Gasteiger partial charge in [0, 0.05) is 26.2 Å². The molecule has 0 unspecified atom stereocenters. The number of nitrogens with one attached hydrogen (secondary N) is 1. The Morgan fingerprint density at radius 3 is 1.91 bits per heavy atom. The maximum absolute atomic E-state index is 13.5. The third kappa shape index (κ3) is 5.76. The zero-order valence-corrected chi connectivity index (χ0v) is 18.8. The van der Waals surface area contributed by atoms with Crippen molar-refractivity contribution in [3.05, 3.63) is 71.3 Å². The fourth-order valence-corrected chi connectivity index (χ4v) is 5.01. The van der Waals surface area contributed by atoms with Crippen LogP contribution < -0.4 is 5.32 Å². The van der Waals surface area contributed by atoms with Gasteiger partial charge in [-0.15, -0.1) is 0 Å². The molecule has 2 aromatic rings. The number of hydrogen-bond donors (Lipinski definition) is 1. The first-order valence-corrected chi connectivity index (χ1v) is 11.7. The minimum Gasteiger partial charge on any atom is -0.337 e. The average Bonchev–Trinajstić information content (AvgIpc) is 2.83. The summed E-state index contributed by atoms with van der Waals surface area (Å²) in [5, 5.41) is 12.6. The highest BCUT2D eigenvalue weighted by Crippen LogP contribution is 2.30. The van der Waals surface area contributed by atoms with Gasteiger partial charge in [0.15, 0.2) is 0 Å². The number of carbonyl (C=O) groups is 1. The van der Waals surface area contributed by atoms with Gasteiger partial charge < -0.3 is 5.32 Å². The van der Waals surface area contributed by atoms with Crippen molar-refractivity contribution in [2.45, 2.75) is 43.7 Å². The second-order valence-electron chi connectivity index (χ2n) is 9.12. The molecule has 0 bridgehead atoms. The summed E-state index contributed by atoms with van der Waals surface area (Å²) in [6, 6.07) is 15.1. The van der Waals surface area contributed by atoms with Crippen LogP contribution in [0.5, 0.6) is 0 Å². The lowest BCUT2D eigenvalue weighted by Crippen LogP contribution is -2.54. The van der Waals surface area contributed by atoms with E-state index < -0.39 is 5.54 Å². The molecule has 4 rings (SSSR count). The molecule has 1 aliphatic heterocycles. The Balaban J connectivity index is 1.40. The van der Waals surface area contributed by atoms with E-state index in [9.17, 15) is 18.8 Å². The maximum atomic E-state index is 13.5. The predicted molar refractivity (Wildman–Crippen MR) is 122 cm³/mol. The standard InChI is InChI=1S/C26H30F2N4O/c27-22-8-4-20(5-9-22)25(21-6-10-23(28)11-7-21)32-16-14-31(15-17-32)18-24(33)30-26(19-29)12-2-1-3-13-26/h4-11,25H,1-3,12-18H2,(H,30,33). The fraction of sp³-hybridized carbons (Fsp3) is 0.462. The molecule has 1 aliphatic carbocycles. The van der Waals surface area contributed by atoms with Crippen molar-refractivity contribution in [2.75, 3.05) is 32.7 Å². The summed E-state index contributed by atoms with van der Waals surface area (Å²) >= 11 is 0. The van der Waals surface area contributed by atoms with Crippen molar-refractivity contribution in [3.63, 3.8) is 0 Å². The Labute approximate surface area is 194 Å². The first kappa shape index (κ1) is 23.3. The first-order valence-electron chi connectivity index (χ1n) is 11.7. The van der Waals surface area contributed by atoms with Gasteiger partial charge >= 0.3 is 0 Å². The zero-order valence-electron chi connectivity index (χ0n) is 18.8. The van der Waals surface area contributed by atoms with Gasteiger partial charge in [0.1, 0.15) is 17.2 Å². The topological polar surface area (TPSA) is 59.4 Å². The molecule has 0 spiro atoms. The number of halogens is 2. The van der Waals surface area contributed by atoms with Crippen molar-refractivity contribution in [1.82, 2.24) is 15.1 Å². The van der Waals surface area contributed by atoms with Crippen LogP contribution in [0.3, 0.4) is 0 Å². The molecule has 2 aromatic carbocycles. The van der Waals surface area contributed by atoms with Crippen LogP contribution in [0.4, 0.5) is 8.78 Å². The summed E-state index contributed by atoms with van der Waals surface area (Å²) < 4.78 is 27.0. The van der Waals surface area contributed by atoms with Crippen LogP contribution in [-0.2, 0) is 4.79 Å². The molecule has 2 fully saturated rings. The van der Waals surface area contributed by atoms with Crippen LogP contribution >= 0.6 is 0 Å². The lowest BCUT2D eigenvalue weighted by atomic mass is 9.83. The largest absolute Gasteiger partial charge is 0.337 e. The third-order valence-corrected chi connectivity index (χ3v) is 6.81. The van der Waals surface area contributed by atoms with Gasteiger partial charge in [-0.3, -0.25) is 14.6 Å². The van der Waals surface area contributed by atoms with Crippen LogP contribution in [0, 0.1) is 23.0 Å². The normalized spacial score (nSPS) is 19.2. The minimum atomic E-state index is -0.715. The van der Waals surface area contributed by atoms with Crippen LogP contribution in [0.2, 0.25) is 0 Å². The molecule has 174 valence electrons. The van der Waals surface area contributed by atoms with Gasteiger partial charge in [0.2, 0.25) is 5.91 Å². The highest BCUT2D eigenvalue weighted by molar-refractivity contribution is 5.79. The first-order chi connectivity index (χ1) is 16.0. The second-order valence-corrected chi connectivity index (χ2v) is 9.12. The van der Waals surface area contributed by atoms with Gasteiger partial charge in [-0.05, 0) is 48.2 Å². The van der Waals surface area contributed by atoms with Crippen molar-refractivity contribution in [3.8, 4) is 6.07 Å². The minimum absolute atomic E-state index is 0.0967. The Morgan fingerprint density at radius 1 is 0.909 bits per heavy atom. The fourth-order valence-electron chi connectivity index (χ4n) is 5.01. The van der Waals surface area contributed by atoms with Crippen LogP contribution in [0.15, 0.2) is 48.5 Å². The average molecular weight is 453 g/mol. The smallest absolute Gasteiger partial charge is 0.235 e. The Hall–Kier alpha value is -2.82. The molecule has 0 aromatic heterocycles. The van der Waals surface area contributed by atoms with Gasteiger partial charge in [0.05, 0.1) is 18.7 Å². The quantitative estimate of drug-likeness (QED) is 0.720. The second kappa shape index (κ2) is 10.4. The zero-order chi connectivity index (χ0) is 23.3. The summed E-state index contributed by atoms with van der Waals surface area (Å²) in [5.41, 5.74) is 1.18. The monoisotopic (exact) mass is 452 g/mol. The number of rotatable bonds is 6. The van der Waals surface area contributed by atoms with Gasteiger partial charge in [0.25, 0.3) is 0 Å². The molecule has 1 heterocycles. The van der Waals surface area contributed by atoms with E-state index in [2.05, 4.69) is 21.2 Å². The number of amides is 1. The molecule has 1 saturated heterocycles. The number of nitrogens with zero attached hydrogens (tertiary/aromatic N) is 3. The lowest BCUT2D eigenvalue weighted by molar-refractivity contribution is -0.124. The maximum Gasteiger partial charge on any atom is 0.235 e. The molecule has 5 nitrogen and oxygen atoms in total. The number of hydrogen-bond acceptors (Lipinski definition) is 4. The van der Waals surface area contributed by atoms with E-state index in [0.29, 0.717) is 13.1 Å². The number of piperazine rings is 1. The molecular weight excluding hydrogens is 422 g/mol. The van der Waals surface area contributed by atoms with Crippen LogP contribution in [0.25, 0.3) is 0 Å². The van der Waals surface area contributed by atoms with Crippen molar-refractivity contribution >= 4 is 5.91 Å². The summed E-state index contributed by atoms with van der Waals surface area (Å²) in [7, 11) is 0. The Kier molecular flexibility index (Phi) is 7.36. The van der Waals surface area contributed by atoms with Crippen molar-refractivity contribution < 1.29 is 13.6 Å². The van der Waals surface area contributed by atoms with E-state index in [4.69, 9.17) is 0 Å². The summed E-state index contributed by atoms with van der Waals surface area (Å²) in [5.74, 6) is -0.679. The van der Waals surface area contributed by atoms with Gasteiger partial charge in [-0.1, -0.05) is 43.5 Å². The Morgan fingerprint density at radius 2 is 1.42 bits per heavy atom. The molecule has 1 N–H and O–H groups in total. The molecule has 0 atom stereocenters. The molecule has 0 radical (unpaired) electrons. The van der Waals surface area contributed by atoms with E-state index >= 15 is 0 Å². The third-order valence-electron chi connectivity index (χ3n) is 6.81. The molecular formula is C26H30F2N4O.